The molecular formula is C19H34N2O2. The SMILES string of the molecule is CC(C)(C)C(=O)[C@H]1CCN(C(=O)C2CCN(C(C)(C)C)CC2)C1. The predicted molar refractivity (Wildman–Crippen MR) is 93.2 cm³/mol. The van der Waals surface area contributed by atoms with Gasteiger partial charge in [0, 0.05) is 35.9 Å². The Bertz CT molecular complexity index is 451. The molecule has 132 valence electrons. The van der Waals surface area contributed by atoms with E-state index in [1.54, 1.807) is 0 Å². The highest BCUT2D eigenvalue weighted by molar-refractivity contribution is 5.88. The highest BCUT2D eigenvalue weighted by Gasteiger charge is 2.39. The summed E-state index contributed by atoms with van der Waals surface area (Å²) in [6, 6.07) is 0. The van der Waals surface area contributed by atoms with E-state index in [0.29, 0.717) is 12.3 Å². The minimum absolute atomic E-state index is 0.0358. The fourth-order valence-corrected chi connectivity index (χ4v) is 3.84. The van der Waals surface area contributed by atoms with Crippen LogP contribution in [-0.2, 0) is 9.59 Å². The summed E-state index contributed by atoms with van der Waals surface area (Å²) in [5, 5.41) is 0. The number of piperidine rings is 1. The number of carbonyl (C=O) groups is 2. The van der Waals surface area contributed by atoms with Gasteiger partial charge in [0.15, 0.2) is 0 Å². The smallest absolute Gasteiger partial charge is 0.225 e. The second-order valence-corrected chi connectivity index (χ2v) is 9.32. The Hall–Kier alpha value is -0.900. The van der Waals surface area contributed by atoms with Gasteiger partial charge in [-0.15, -0.1) is 0 Å². The van der Waals surface area contributed by atoms with E-state index in [0.717, 1.165) is 38.9 Å². The van der Waals surface area contributed by atoms with Gasteiger partial charge >= 0.3 is 0 Å². The summed E-state index contributed by atoms with van der Waals surface area (Å²) in [5.41, 5.74) is -0.117. The van der Waals surface area contributed by atoms with Crippen molar-refractivity contribution in [2.75, 3.05) is 26.2 Å². The molecule has 4 heteroatoms. The molecule has 1 amide bonds. The van der Waals surface area contributed by atoms with Gasteiger partial charge in [0.05, 0.1) is 0 Å². The first-order valence-electron chi connectivity index (χ1n) is 9.08. The molecule has 0 unspecified atom stereocenters. The van der Waals surface area contributed by atoms with E-state index < -0.39 is 0 Å². The standard InChI is InChI=1S/C19H34N2O2/c1-18(2,3)16(22)15-7-10-20(13-15)17(23)14-8-11-21(12-9-14)19(4,5)6/h14-15H,7-13H2,1-6H3/t15-/m0/s1. The Morgan fingerprint density at radius 2 is 1.35 bits per heavy atom. The normalized spacial score (nSPS) is 25.0. The summed E-state index contributed by atoms with van der Waals surface area (Å²) in [7, 11) is 0. The number of likely N-dealkylation sites (tertiary alicyclic amines) is 2. The van der Waals surface area contributed by atoms with Crippen molar-refractivity contribution in [2.45, 2.75) is 66.3 Å². The van der Waals surface area contributed by atoms with Gasteiger partial charge in [-0.1, -0.05) is 20.8 Å². The van der Waals surface area contributed by atoms with Crippen LogP contribution < -0.4 is 0 Å². The van der Waals surface area contributed by atoms with Crippen LogP contribution in [0.25, 0.3) is 0 Å². The lowest BCUT2D eigenvalue weighted by Crippen LogP contribution is -2.48. The average molecular weight is 322 g/mol. The van der Waals surface area contributed by atoms with Crippen molar-refractivity contribution >= 4 is 11.7 Å². The van der Waals surface area contributed by atoms with Crippen molar-refractivity contribution in [3.05, 3.63) is 0 Å². The highest BCUT2D eigenvalue weighted by Crippen LogP contribution is 2.30. The Morgan fingerprint density at radius 3 is 1.83 bits per heavy atom. The molecule has 0 radical (unpaired) electrons. The molecule has 23 heavy (non-hydrogen) atoms. The lowest BCUT2D eigenvalue weighted by atomic mass is 9.83. The van der Waals surface area contributed by atoms with Crippen LogP contribution in [0, 0.1) is 17.3 Å². The van der Waals surface area contributed by atoms with Gasteiger partial charge in [-0.3, -0.25) is 14.5 Å². The first kappa shape index (κ1) is 18.4. The zero-order valence-electron chi connectivity index (χ0n) is 15.8. The second-order valence-electron chi connectivity index (χ2n) is 9.32. The van der Waals surface area contributed by atoms with Crippen LogP contribution in [0.3, 0.4) is 0 Å². The molecule has 0 aromatic heterocycles. The molecule has 4 nitrogen and oxygen atoms in total. The van der Waals surface area contributed by atoms with Gasteiger partial charge in [0.1, 0.15) is 5.78 Å². The topological polar surface area (TPSA) is 40.6 Å². The molecule has 0 aliphatic carbocycles. The first-order chi connectivity index (χ1) is 10.5. The molecule has 2 saturated heterocycles. The number of nitrogens with zero attached hydrogens (tertiary/aromatic N) is 2. The van der Waals surface area contributed by atoms with Gasteiger partial charge < -0.3 is 4.90 Å². The minimum Gasteiger partial charge on any atom is -0.342 e. The van der Waals surface area contributed by atoms with Gasteiger partial charge in [0.2, 0.25) is 5.91 Å². The third-order valence-corrected chi connectivity index (χ3v) is 5.40. The van der Waals surface area contributed by atoms with Crippen LogP contribution in [0.2, 0.25) is 0 Å². The lowest BCUT2D eigenvalue weighted by molar-refractivity contribution is -0.137. The molecule has 0 saturated carbocycles. The van der Waals surface area contributed by atoms with E-state index in [1.165, 1.54) is 0 Å². The van der Waals surface area contributed by atoms with Crippen LogP contribution >= 0.6 is 0 Å². The fourth-order valence-electron chi connectivity index (χ4n) is 3.84. The lowest BCUT2D eigenvalue weighted by Gasteiger charge is -2.41. The fraction of sp³-hybridized carbons (Fsp3) is 0.895. The Morgan fingerprint density at radius 1 is 0.826 bits per heavy atom. The van der Waals surface area contributed by atoms with Gasteiger partial charge in [-0.05, 0) is 53.1 Å². The van der Waals surface area contributed by atoms with Crippen molar-refractivity contribution < 1.29 is 9.59 Å². The molecule has 0 aromatic rings. The third kappa shape index (κ3) is 4.34. The van der Waals surface area contributed by atoms with Gasteiger partial charge in [0.25, 0.3) is 0 Å². The Labute approximate surface area is 141 Å². The molecule has 2 heterocycles. The molecule has 0 bridgehead atoms. The number of hydrogen-bond acceptors (Lipinski definition) is 3. The van der Waals surface area contributed by atoms with Crippen molar-refractivity contribution in [1.29, 1.82) is 0 Å². The maximum absolute atomic E-state index is 12.8. The van der Waals surface area contributed by atoms with Crippen LogP contribution in [0.15, 0.2) is 0 Å². The molecule has 0 spiro atoms. The molecule has 2 rings (SSSR count). The molecule has 2 aliphatic rings. The zero-order chi connectivity index (χ0) is 17.4. The zero-order valence-corrected chi connectivity index (χ0v) is 15.8. The summed E-state index contributed by atoms with van der Waals surface area (Å²) >= 11 is 0. The largest absolute Gasteiger partial charge is 0.342 e. The molecule has 2 fully saturated rings. The molecule has 1 atom stereocenters. The number of hydrogen-bond donors (Lipinski definition) is 0. The predicted octanol–water partition coefficient (Wildman–Crippen LogP) is 2.96. The van der Waals surface area contributed by atoms with Crippen LogP contribution in [-0.4, -0.2) is 53.2 Å². The summed E-state index contributed by atoms with van der Waals surface area (Å²) < 4.78 is 0. The number of amides is 1. The molecular weight excluding hydrogens is 288 g/mol. The second kappa shape index (κ2) is 6.54. The first-order valence-corrected chi connectivity index (χ1v) is 9.08. The van der Waals surface area contributed by atoms with E-state index in [4.69, 9.17) is 0 Å². The Balaban J connectivity index is 1.87. The highest BCUT2D eigenvalue weighted by atomic mass is 16.2. The summed E-state index contributed by atoms with van der Waals surface area (Å²) in [6.45, 7) is 16.0. The monoisotopic (exact) mass is 322 g/mol. The van der Waals surface area contributed by atoms with Crippen molar-refractivity contribution in [3.63, 3.8) is 0 Å². The molecule has 0 aromatic carbocycles. The summed E-state index contributed by atoms with van der Waals surface area (Å²) in [6.07, 6.45) is 2.73. The van der Waals surface area contributed by atoms with E-state index in [9.17, 15) is 9.59 Å². The summed E-state index contributed by atoms with van der Waals surface area (Å²) in [4.78, 5) is 29.6. The Kier molecular flexibility index (Phi) is 5.24. The number of rotatable bonds is 2. The van der Waals surface area contributed by atoms with E-state index >= 15 is 0 Å². The number of ketones is 1. The van der Waals surface area contributed by atoms with E-state index in [-0.39, 0.29) is 28.7 Å². The maximum Gasteiger partial charge on any atom is 0.225 e. The quantitative estimate of drug-likeness (QED) is 0.785. The van der Waals surface area contributed by atoms with Crippen molar-refractivity contribution in [3.8, 4) is 0 Å². The van der Waals surface area contributed by atoms with Crippen molar-refractivity contribution in [2.24, 2.45) is 17.3 Å². The number of Topliss-reactive ketones (excluding diaryl/α,β-unsaturated/α-hetero) is 1. The third-order valence-electron chi connectivity index (χ3n) is 5.40. The van der Waals surface area contributed by atoms with Crippen molar-refractivity contribution in [1.82, 2.24) is 9.80 Å². The van der Waals surface area contributed by atoms with E-state index in [1.807, 2.05) is 25.7 Å². The van der Waals surface area contributed by atoms with Crippen LogP contribution in [0.1, 0.15) is 60.8 Å². The minimum atomic E-state index is -0.304. The number of carbonyl (C=O) groups excluding carboxylic acids is 2. The maximum atomic E-state index is 12.8. The molecule has 0 N–H and O–H groups in total. The summed E-state index contributed by atoms with van der Waals surface area (Å²) in [5.74, 6) is 0.767. The van der Waals surface area contributed by atoms with Gasteiger partial charge in [-0.2, -0.15) is 0 Å². The van der Waals surface area contributed by atoms with Crippen LogP contribution in [0.5, 0.6) is 0 Å². The average Bonchev–Trinajstić information content (AvgIpc) is 2.93. The van der Waals surface area contributed by atoms with E-state index in [2.05, 4.69) is 25.7 Å². The van der Waals surface area contributed by atoms with Gasteiger partial charge in [-0.25, -0.2) is 0 Å². The van der Waals surface area contributed by atoms with Crippen LogP contribution in [0.4, 0.5) is 0 Å². The molecule has 2 aliphatic heterocycles.